The van der Waals surface area contributed by atoms with Crippen LogP contribution < -0.4 is 10.1 Å². The van der Waals surface area contributed by atoms with Gasteiger partial charge in [-0.2, -0.15) is 0 Å². The number of carbonyl (C=O) groups is 1. The van der Waals surface area contributed by atoms with Crippen molar-refractivity contribution in [2.24, 2.45) is 0 Å². The van der Waals surface area contributed by atoms with Crippen molar-refractivity contribution in [3.63, 3.8) is 0 Å². The summed E-state index contributed by atoms with van der Waals surface area (Å²) in [6.07, 6.45) is 0.770. The first-order valence-electron chi connectivity index (χ1n) is 8.45. The largest absolute Gasteiger partial charge is 0.497 e. The third-order valence-corrected chi connectivity index (χ3v) is 4.12. The number of aromatic nitrogens is 2. The zero-order valence-electron chi connectivity index (χ0n) is 15.5. The molecule has 1 N–H and O–H groups in total. The van der Waals surface area contributed by atoms with E-state index in [1.54, 1.807) is 20.2 Å². The highest BCUT2D eigenvalue weighted by atomic mass is 16.5. The molecule has 6 nitrogen and oxygen atoms in total. The van der Waals surface area contributed by atoms with Crippen LogP contribution in [0.4, 0.5) is 5.95 Å². The highest BCUT2D eigenvalue weighted by molar-refractivity contribution is 5.92. The van der Waals surface area contributed by atoms with E-state index in [0.29, 0.717) is 18.2 Å². The van der Waals surface area contributed by atoms with Crippen LogP contribution in [0.5, 0.6) is 5.75 Å². The second-order valence-electron chi connectivity index (χ2n) is 5.96. The molecule has 1 aromatic heterocycles. The summed E-state index contributed by atoms with van der Waals surface area (Å²) in [5, 5.41) is 2.90. The summed E-state index contributed by atoms with van der Waals surface area (Å²) >= 11 is 0. The van der Waals surface area contributed by atoms with Crippen molar-refractivity contribution in [3.05, 3.63) is 47.3 Å². The van der Waals surface area contributed by atoms with Crippen LogP contribution in [0.3, 0.4) is 0 Å². The summed E-state index contributed by atoms with van der Waals surface area (Å²) in [6, 6.07) is 9.72. The van der Waals surface area contributed by atoms with Gasteiger partial charge in [-0.05, 0) is 51.0 Å². The van der Waals surface area contributed by atoms with Crippen molar-refractivity contribution in [3.8, 4) is 5.75 Å². The highest BCUT2D eigenvalue weighted by Gasteiger charge is 2.22. The molecule has 0 bridgehead atoms. The maximum Gasteiger partial charge on any atom is 0.272 e. The number of hydrogen-bond donors (Lipinski definition) is 1. The Hall–Kier alpha value is -2.63. The number of nitrogens with zero attached hydrogens (tertiary/aromatic N) is 3. The Labute approximate surface area is 149 Å². The van der Waals surface area contributed by atoms with E-state index >= 15 is 0 Å². The Morgan fingerprint density at radius 1 is 1.28 bits per heavy atom. The summed E-state index contributed by atoms with van der Waals surface area (Å²) in [5.41, 5.74) is 2.34. The Bertz CT molecular complexity index is 716. The van der Waals surface area contributed by atoms with Gasteiger partial charge in [0.2, 0.25) is 5.95 Å². The van der Waals surface area contributed by atoms with Crippen molar-refractivity contribution in [2.45, 2.75) is 33.2 Å². The topological polar surface area (TPSA) is 67.4 Å². The molecular weight excluding hydrogens is 316 g/mol. The van der Waals surface area contributed by atoms with Crippen molar-refractivity contribution < 1.29 is 9.53 Å². The fourth-order valence-corrected chi connectivity index (χ4v) is 2.81. The number of anilines is 1. The second-order valence-corrected chi connectivity index (χ2v) is 5.96. The third kappa shape index (κ3) is 4.68. The smallest absolute Gasteiger partial charge is 0.272 e. The molecule has 1 heterocycles. The summed E-state index contributed by atoms with van der Waals surface area (Å²) < 4.78 is 5.19. The molecule has 0 radical (unpaired) electrons. The number of benzene rings is 1. The van der Waals surface area contributed by atoms with Gasteiger partial charge < -0.3 is 15.0 Å². The van der Waals surface area contributed by atoms with Gasteiger partial charge in [0.05, 0.1) is 7.11 Å². The Morgan fingerprint density at radius 2 is 1.96 bits per heavy atom. The van der Waals surface area contributed by atoms with E-state index in [0.717, 1.165) is 23.4 Å². The van der Waals surface area contributed by atoms with Gasteiger partial charge in [-0.25, -0.2) is 9.97 Å². The van der Waals surface area contributed by atoms with Crippen LogP contribution in [-0.2, 0) is 6.42 Å². The highest BCUT2D eigenvalue weighted by Crippen LogP contribution is 2.16. The van der Waals surface area contributed by atoms with Gasteiger partial charge in [0.25, 0.3) is 5.91 Å². The number of amides is 1. The van der Waals surface area contributed by atoms with E-state index in [1.165, 1.54) is 0 Å². The zero-order valence-corrected chi connectivity index (χ0v) is 15.5. The van der Waals surface area contributed by atoms with E-state index < -0.39 is 0 Å². The number of nitrogens with one attached hydrogen (secondary N) is 1. The molecule has 0 fully saturated rings. The minimum Gasteiger partial charge on any atom is -0.497 e. The van der Waals surface area contributed by atoms with E-state index in [-0.39, 0.29) is 11.9 Å². The normalized spacial score (nSPS) is 11.7. The number of hydrogen-bond acceptors (Lipinski definition) is 5. The minimum atomic E-state index is -0.0782. The molecule has 2 aromatic rings. The van der Waals surface area contributed by atoms with E-state index in [4.69, 9.17) is 4.74 Å². The monoisotopic (exact) mass is 342 g/mol. The van der Waals surface area contributed by atoms with Gasteiger partial charge >= 0.3 is 0 Å². The lowest BCUT2D eigenvalue weighted by Gasteiger charge is -2.28. The molecule has 0 spiro atoms. The Morgan fingerprint density at radius 3 is 2.52 bits per heavy atom. The van der Waals surface area contributed by atoms with Crippen LogP contribution in [0.15, 0.2) is 30.3 Å². The molecule has 1 unspecified atom stereocenters. The fourth-order valence-electron chi connectivity index (χ4n) is 2.81. The minimum absolute atomic E-state index is 0.0548. The van der Waals surface area contributed by atoms with Crippen molar-refractivity contribution in [1.29, 1.82) is 0 Å². The number of aryl methyl sites for hydroxylation is 1. The van der Waals surface area contributed by atoms with Crippen LogP contribution in [0.1, 0.15) is 35.6 Å². The molecule has 1 aromatic carbocycles. The molecule has 0 saturated heterocycles. The molecule has 0 aliphatic rings. The molecule has 1 amide bonds. The van der Waals surface area contributed by atoms with Crippen LogP contribution in [0, 0.1) is 6.92 Å². The SMILES string of the molecule is CCN(C(=O)c1cc(C)nc(NC)n1)C(C)Cc1ccc(OC)cc1. The number of likely N-dealkylation sites (N-methyl/N-ethyl adjacent to an activating group) is 1. The molecular formula is C19H26N4O2. The lowest BCUT2D eigenvalue weighted by Crippen LogP contribution is -2.40. The maximum atomic E-state index is 12.9. The predicted molar refractivity (Wildman–Crippen MR) is 99.2 cm³/mol. The van der Waals surface area contributed by atoms with Gasteiger partial charge in [0, 0.05) is 25.3 Å². The Balaban J connectivity index is 2.16. The standard InChI is InChI=1S/C19H26N4O2/c1-6-23(14(3)12-15-7-9-16(25-5)10-8-15)18(24)17-11-13(2)21-19(20-4)22-17/h7-11,14H,6,12H2,1-5H3,(H,20,21,22). The number of ether oxygens (including phenoxy) is 1. The molecule has 25 heavy (non-hydrogen) atoms. The van der Waals surface area contributed by atoms with Crippen molar-refractivity contribution >= 4 is 11.9 Å². The molecule has 6 heteroatoms. The van der Waals surface area contributed by atoms with Crippen molar-refractivity contribution in [2.75, 3.05) is 26.0 Å². The van der Waals surface area contributed by atoms with Crippen LogP contribution in [-0.4, -0.2) is 47.5 Å². The van der Waals surface area contributed by atoms with Gasteiger partial charge in [-0.1, -0.05) is 12.1 Å². The fraction of sp³-hybridized carbons (Fsp3) is 0.421. The first-order chi connectivity index (χ1) is 12.0. The van der Waals surface area contributed by atoms with Gasteiger partial charge in [-0.15, -0.1) is 0 Å². The average Bonchev–Trinajstić information content (AvgIpc) is 2.62. The molecule has 0 aliphatic heterocycles. The lowest BCUT2D eigenvalue weighted by atomic mass is 10.1. The van der Waals surface area contributed by atoms with Crippen molar-refractivity contribution in [1.82, 2.24) is 14.9 Å². The molecule has 2 rings (SSSR count). The number of rotatable bonds is 7. The lowest BCUT2D eigenvalue weighted by molar-refractivity contribution is 0.0697. The number of methoxy groups -OCH3 is 1. The summed E-state index contributed by atoms with van der Waals surface area (Å²) in [7, 11) is 3.39. The summed E-state index contributed by atoms with van der Waals surface area (Å²) in [4.78, 5) is 23.3. The van der Waals surface area contributed by atoms with Crippen LogP contribution >= 0.6 is 0 Å². The summed E-state index contributed by atoms with van der Waals surface area (Å²) in [6.45, 7) is 6.51. The average molecular weight is 342 g/mol. The molecule has 1 atom stereocenters. The predicted octanol–water partition coefficient (Wildman–Crippen LogP) is 2.93. The van der Waals surface area contributed by atoms with E-state index in [1.807, 2.05) is 43.0 Å². The molecule has 0 aliphatic carbocycles. The molecule has 0 saturated carbocycles. The van der Waals surface area contributed by atoms with E-state index in [2.05, 4.69) is 22.2 Å². The number of carbonyl (C=O) groups excluding carboxylic acids is 1. The first kappa shape index (κ1) is 18.7. The maximum absolute atomic E-state index is 12.9. The first-order valence-corrected chi connectivity index (χ1v) is 8.45. The van der Waals surface area contributed by atoms with Crippen LogP contribution in [0.2, 0.25) is 0 Å². The van der Waals surface area contributed by atoms with Gasteiger partial charge in [0.1, 0.15) is 11.4 Å². The van der Waals surface area contributed by atoms with Crippen LogP contribution in [0.25, 0.3) is 0 Å². The zero-order chi connectivity index (χ0) is 18.4. The quantitative estimate of drug-likeness (QED) is 0.838. The van der Waals surface area contributed by atoms with Gasteiger partial charge in [-0.3, -0.25) is 4.79 Å². The molecule has 134 valence electrons. The summed E-state index contributed by atoms with van der Waals surface area (Å²) in [5.74, 6) is 1.21. The Kier molecular flexibility index (Phi) is 6.33. The third-order valence-electron chi connectivity index (χ3n) is 4.12. The van der Waals surface area contributed by atoms with Gasteiger partial charge in [0.15, 0.2) is 0 Å². The van der Waals surface area contributed by atoms with E-state index in [9.17, 15) is 4.79 Å². The second kappa shape index (κ2) is 8.46.